The van der Waals surface area contributed by atoms with E-state index in [9.17, 15) is 5.11 Å². The first-order valence-electron chi connectivity index (χ1n) is 5.14. The van der Waals surface area contributed by atoms with E-state index in [-0.39, 0.29) is 0 Å². The lowest BCUT2D eigenvalue weighted by Gasteiger charge is -2.10. The third-order valence-electron chi connectivity index (χ3n) is 2.34. The van der Waals surface area contributed by atoms with Gasteiger partial charge >= 0.3 is 0 Å². The highest BCUT2D eigenvalue weighted by molar-refractivity contribution is 5.39. The summed E-state index contributed by atoms with van der Waals surface area (Å²) in [7, 11) is 5.70. The Hall–Kier alpha value is -1.22. The van der Waals surface area contributed by atoms with Crippen LogP contribution in [0.2, 0.25) is 0 Å². The summed E-state index contributed by atoms with van der Waals surface area (Å²) >= 11 is 0. The van der Waals surface area contributed by atoms with Crippen molar-refractivity contribution in [2.24, 2.45) is 0 Å². The zero-order valence-electron chi connectivity index (χ0n) is 9.66. The Labute approximate surface area is 91.3 Å². The molecule has 0 aliphatic rings. The number of hydrogen-bond donors (Lipinski definition) is 1. The van der Waals surface area contributed by atoms with Gasteiger partial charge in [-0.1, -0.05) is 6.07 Å². The van der Waals surface area contributed by atoms with E-state index in [0.717, 1.165) is 24.9 Å². The maximum Gasteiger partial charge on any atom is 0.122 e. The second-order valence-corrected chi connectivity index (χ2v) is 3.90. The number of aromatic hydroxyl groups is 1. The molecule has 0 aliphatic heterocycles. The zero-order chi connectivity index (χ0) is 11.3. The van der Waals surface area contributed by atoms with E-state index < -0.39 is 0 Å². The van der Waals surface area contributed by atoms with Crippen molar-refractivity contribution in [3.8, 4) is 11.5 Å². The molecular weight excluding hydrogens is 190 g/mol. The molecule has 3 heteroatoms. The molecule has 0 aliphatic carbocycles. The minimum Gasteiger partial charge on any atom is -0.508 e. The largest absolute Gasteiger partial charge is 0.508 e. The van der Waals surface area contributed by atoms with Gasteiger partial charge in [-0.25, -0.2) is 0 Å². The lowest BCUT2D eigenvalue weighted by molar-refractivity contribution is 0.394. The Bertz CT molecular complexity index is 310. The molecule has 0 bridgehead atoms. The van der Waals surface area contributed by atoms with Gasteiger partial charge in [0.15, 0.2) is 0 Å². The average molecular weight is 209 g/mol. The fraction of sp³-hybridized carbons (Fsp3) is 0.500. The maximum atomic E-state index is 9.69. The topological polar surface area (TPSA) is 32.7 Å². The monoisotopic (exact) mass is 209 g/mol. The second kappa shape index (κ2) is 5.61. The molecule has 1 N–H and O–H groups in total. The molecule has 1 aromatic carbocycles. The molecule has 0 radical (unpaired) electrons. The Morgan fingerprint density at radius 1 is 1.33 bits per heavy atom. The summed E-state index contributed by atoms with van der Waals surface area (Å²) in [5.41, 5.74) is 0.984. The number of phenols is 1. The van der Waals surface area contributed by atoms with Crippen LogP contribution in [0.3, 0.4) is 0 Å². The van der Waals surface area contributed by atoms with Crippen LogP contribution in [0.15, 0.2) is 18.2 Å². The predicted octanol–water partition coefficient (Wildman–Crippen LogP) is 1.89. The van der Waals surface area contributed by atoms with Crippen molar-refractivity contribution in [2.45, 2.75) is 12.8 Å². The van der Waals surface area contributed by atoms with Gasteiger partial charge in [0.1, 0.15) is 11.5 Å². The highest BCUT2D eigenvalue weighted by Crippen LogP contribution is 2.24. The number of phenolic OH excluding ortho intramolecular Hbond substituents is 1. The summed E-state index contributed by atoms with van der Waals surface area (Å²) < 4.78 is 5.02. The first kappa shape index (κ1) is 11.9. The van der Waals surface area contributed by atoms with Gasteiger partial charge < -0.3 is 14.7 Å². The van der Waals surface area contributed by atoms with Crippen LogP contribution < -0.4 is 4.74 Å². The van der Waals surface area contributed by atoms with Crippen LogP contribution in [-0.2, 0) is 6.42 Å². The van der Waals surface area contributed by atoms with E-state index in [1.807, 2.05) is 26.2 Å². The van der Waals surface area contributed by atoms with E-state index in [2.05, 4.69) is 4.90 Å². The van der Waals surface area contributed by atoms with Crippen LogP contribution in [0.5, 0.6) is 11.5 Å². The molecule has 84 valence electrons. The van der Waals surface area contributed by atoms with E-state index in [1.54, 1.807) is 13.2 Å². The van der Waals surface area contributed by atoms with E-state index >= 15 is 0 Å². The molecule has 3 nitrogen and oxygen atoms in total. The maximum absolute atomic E-state index is 9.69. The number of hydrogen-bond acceptors (Lipinski definition) is 3. The number of benzene rings is 1. The smallest absolute Gasteiger partial charge is 0.122 e. The molecule has 0 heterocycles. The minimum absolute atomic E-state index is 0.327. The zero-order valence-corrected chi connectivity index (χ0v) is 9.66. The highest BCUT2D eigenvalue weighted by atomic mass is 16.5. The summed E-state index contributed by atoms with van der Waals surface area (Å²) in [5, 5.41) is 9.69. The SMILES string of the molecule is COc1ccc(CCCN(C)C)c(O)c1. The third-order valence-corrected chi connectivity index (χ3v) is 2.34. The molecule has 0 saturated carbocycles. The van der Waals surface area contributed by atoms with Gasteiger partial charge in [0.05, 0.1) is 7.11 Å². The quantitative estimate of drug-likeness (QED) is 0.804. The van der Waals surface area contributed by atoms with Crippen LogP contribution in [0.1, 0.15) is 12.0 Å². The van der Waals surface area contributed by atoms with Crippen molar-refractivity contribution in [1.82, 2.24) is 4.90 Å². The minimum atomic E-state index is 0.327. The van der Waals surface area contributed by atoms with Crippen molar-refractivity contribution in [2.75, 3.05) is 27.7 Å². The Morgan fingerprint density at radius 2 is 2.07 bits per heavy atom. The highest BCUT2D eigenvalue weighted by Gasteiger charge is 2.02. The molecule has 0 atom stereocenters. The molecule has 1 aromatic rings. The lowest BCUT2D eigenvalue weighted by atomic mass is 10.1. The fourth-order valence-corrected chi connectivity index (χ4v) is 1.47. The number of methoxy groups -OCH3 is 1. The van der Waals surface area contributed by atoms with Gasteiger partial charge in [0.2, 0.25) is 0 Å². The number of nitrogens with zero attached hydrogens (tertiary/aromatic N) is 1. The number of rotatable bonds is 5. The molecule has 0 unspecified atom stereocenters. The summed E-state index contributed by atoms with van der Waals surface area (Å²) in [6, 6.07) is 5.46. The number of aryl methyl sites for hydroxylation is 1. The molecule has 0 amide bonds. The summed E-state index contributed by atoms with van der Waals surface area (Å²) in [5.74, 6) is 1.02. The van der Waals surface area contributed by atoms with Crippen LogP contribution in [0.4, 0.5) is 0 Å². The summed E-state index contributed by atoms with van der Waals surface area (Å²) in [4.78, 5) is 2.14. The summed E-state index contributed by atoms with van der Waals surface area (Å²) in [6.07, 6.45) is 1.95. The molecular formula is C12H19NO2. The van der Waals surface area contributed by atoms with E-state index in [4.69, 9.17) is 4.74 Å². The Morgan fingerprint density at radius 3 is 2.60 bits per heavy atom. The van der Waals surface area contributed by atoms with Crippen LogP contribution in [-0.4, -0.2) is 37.8 Å². The van der Waals surface area contributed by atoms with Gasteiger partial charge in [0, 0.05) is 6.07 Å². The first-order chi connectivity index (χ1) is 7.13. The normalized spacial score (nSPS) is 10.7. The molecule has 0 saturated heterocycles. The first-order valence-corrected chi connectivity index (χ1v) is 5.14. The van der Waals surface area contributed by atoms with Gasteiger partial charge in [0.25, 0.3) is 0 Å². The third kappa shape index (κ3) is 3.80. The van der Waals surface area contributed by atoms with E-state index in [0.29, 0.717) is 11.5 Å². The molecule has 15 heavy (non-hydrogen) atoms. The lowest BCUT2D eigenvalue weighted by Crippen LogP contribution is -2.13. The van der Waals surface area contributed by atoms with Crippen molar-refractivity contribution in [1.29, 1.82) is 0 Å². The Kier molecular flexibility index (Phi) is 4.43. The molecule has 0 aromatic heterocycles. The van der Waals surface area contributed by atoms with E-state index in [1.165, 1.54) is 0 Å². The van der Waals surface area contributed by atoms with Crippen molar-refractivity contribution in [3.63, 3.8) is 0 Å². The van der Waals surface area contributed by atoms with Gasteiger partial charge in [-0.3, -0.25) is 0 Å². The van der Waals surface area contributed by atoms with Crippen LogP contribution >= 0.6 is 0 Å². The van der Waals surface area contributed by atoms with Gasteiger partial charge in [-0.15, -0.1) is 0 Å². The fourth-order valence-electron chi connectivity index (χ4n) is 1.47. The summed E-state index contributed by atoms with van der Waals surface area (Å²) in [6.45, 7) is 1.03. The number of ether oxygens (including phenoxy) is 1. The average Bonchev–Trinajstić information content (AvgIpc) is 2.20. The standard InChI is InChI=1S/C12H19NO2/c1-13(2)8-4-5-10-6-7-11(15-3)9-12(10)14/h6-7,9,14H,4-5,8H2,1-3H3. The van der Waals surface area contributed by atoms with Gasteiger partial charge in [-0.05, 0) is 45.1 Å². The molecule has 1 rings (SSSR count). The van der Waals surface area contributed by atoms with Crippen molar-refractivity contribution >= 4 is 0 Å². The van der Waals surface area contributed by atoms with Crippen molar-refractivity contribution in [3.05, 3.63) is 23.8 Å². The second-order valence-electron chi connectivity index (χ2n) is 3.90. The Balaban J connectivity index is 2.54. The predicted molar refractivity (Wildman–Crippen MR) is 61.5 cm³/mol. The molecule has 0 fully saturated rings. The van der Waals surface area contributed by atoms with Gasteiger partial charge in [-0.2, -0.15) is 0 Å². The molecule has 0 spiro atoms. The van der Waals surface area contributed by atoms with Crippen LogP contribution in [0, 0.1) is 0 Å². The van der Waals surface area contributed by atoms with Crippen LogP contribution in [0.25, 0.3) is 0 Å². The van der Waals surface area contributed by atoms with Crippen molar-refractivity contribution < 1.29 is 9.84 Å².